The number of hydrogen-bond acceptors (Lipinski definition) is 9. The predicted molar refractivity (Wildman–Crippen MR) is 87.5 cm³/mol. The molecule has 2 fully saturated rings. The highest BCUT2D eigenvalue weighted by atomic mass is 31.3. The van der Waals surface area contributed by atoms with E-state index in [1.165, 1.54) is 17.2 Å². The lowest BCUT2D eigenvalue weighted by Crippen LogP contribution is -2.54. The topological polar surface area (TPSA) is 227 Å². The Bertz CT molecular complexity index is 830. The summed E-state index contributed by atoms with van der Waals surface area (Å²) in [4.78, 5) is 48.9. The Morgan fingerprint density at radius 2 is 1.82 bits per heavy atom. The monoisotopic (exact) mass is 465 g/mol. The predicted octanol–water partition coefficient (Wildman–Crippen LogP) is -0.487. The summed E-state index contributed by atoms with van der Waals surface area (Å²) in [7, 11) is -16.3. The molecule has 2 amide bonds. The zero-order valence-electron chi connectivity index (χ0n) is 14.0. The van der Waals surface area contributed by atoms with E-state index < -0.39 is 60.0 Å². The van der Waals surface area contributed by atoms with Gasteiger partial charge in [0, 0.05) is 18.0 Å². The number of urea groups is 1. The number of carbonyl (C=O) groups is 1. The molecule has 3 rings (SSSR count). The number of fused-ring (bicyclic) bond motifs is 1. The quantitative estimate of drug-likeness (QED) is 0.261. The molecule has 0 aromatic rings. The van der Waals surface area contributed by atoms with Gasteiger partial charge in [-0.1, -0.05) is 6.92 Å². The van der Waals surface area contributed by atoms with Crippen molar-refractivity contribution in [2.24, 2.45) is 17.6 Å². The van der Waals surface area contributed by atoms with E-state index in [2.05, 4.69) is 13.9 Å². The Morgan fingerprint density at radius 1 is 1.18 bits per heavy atom. The maximum atomic E-state index is 12.0. The van der Waals surface area contributed by atoms with Crippen LogP contribution in [-0.2, 0) is 31.6 Å². The van der Waals surface area contributed by atoms with Gasteiger partial charge in [0.25, 0.3) is 0 Å². The van der Waals surface area contributed by atoms with Crippen molar-refractivity contribution < 1.29 is 55.9 Å². The molecular weight excluding hydrogens is 447 g/mol. The van der Waals surface area contributed by atoms with E-state index in [1.54, 1.807) is 6.92 Å². The van der Waals surface area contributed by atoms with Gasteiger partial charge in [-0.25, -0.2) is 18.5 Å². The number of hydrogen-bond donors (Lipinski definition) is 6. The lowest BCUT2D eigenvalue weighted by Gasteiger charge is -2.33. The highest BCUT2D eigenvalue weighted by Gasteiger charge is 2.66. The molecule has 7 N–H and O–H groups in total. The second-order valence-electron chi connectivity index (χ2n) is 6.31. The van der Waals surface area contributed by atoms with E-state index in [0.717, 1.165) is 0 Å². The van der Waals surface area contributed by atoms with Crippen LogP contribution in [0.4, 0.5) is 4.79 Å². The molecule has 18 heteroatoms. The number of carbonyl (C=O) groups excluding carboxylic acids is 1. The first-order valence-corrected chi connectivity index (χ1v) is 12.2. The summed E-state index contributed by atoms with van der Waals surface area (Å²) in [6.45, 7) is 1.70. The van der Waals surface area contributed by atoms with Crippen molar-refractivity contribution in [1.29, 1.82) is 0 Å². The Labute approximate surface area is 157 Å². The van der Waals surface area contributed by atoms with Crippen LogP contribution in [0.25, 0.3) is 0 Å². The highest BCUT2D eigenvalue weighted by molar-refractivity contribution is 7.66. The molecule has 160 valence electrons. The third-order valence-corrected chi connectivity index (χ3v) is 8.06. The molecule has 0 bridgehead atoms. The minimum absolute atomic E-state index is 0.355. The minimum Gasteiger partial charge on any atom is -0.351 e. The number of nitrogens with two attached hydrogens (primary N) is 1. The maximum Gasteiger partial charge on any atom is 0.490 e. The third kappa shape index (κ3) is 4.90. The zero-order chi connectivity index (χ0) is 21.1. The molecule has 0 aromatic carbocycles. The van der Waals surface area contributed by atoms with Crippen LogP contribution in [0.15, 0.2) is 12.3 Å². The summed E-state index contributed by atoms with van der Waals surface area (Å²) >= 11 is 0. The Morgan fingerprint density at radius 3 is 2.32 bits per heavy atom. The van der Waals surface area contributed by atoms with E-state index in [1.807, 2.05) is 0 Å². The average Bonchev–Trinajstić information content (AvgIpc) is 2.98. The lowest BCUT2D eigenvalue weighted by molar-refractivity contribution is -0.0472. The van der Waals surface area contributed by atoms with Crippen LogP contribution in [0.3, 0.4) is 0 Å². The second kappa shape index (κ2) is 7.24. The third-order valence-electron chi connectivity index (χ3n) is 4.22. The van der Waals surface area contributed by atoms with E-state index in [-0.39, 0.29) is 5.92 Å². The van der Waals surface area contributed by atoms with Crippen molar-refractivity contribution in [3.63, 3.8) is 0 Å². The summed E-state index contributed by atoms with van der Waals surface area (Å²) in [5.41, 5.74) is 5.56. The zero-order valence-corrected chi connectivity index (χ0v) is 16.7. The van der Waals surface area contributed by atoms with Crippen LogP contribution in [0.2, 0.25) is 0 Å². The van der Waals surface area contributed by atoms with Crippen molar-refractivity contribution in [3.8, 4) is 0 Å². The summed E-state index contributed by atoms with van der Waals surface area (Å²) in [6.07, 6.45) is -0.0528. The fraction of sp³-hybridized carbons (Fsp3) is 0.700. The van der Waals surface area contributed by atoms with Gasteiger partial charge in [-0.05, 0) is 6.08 Å². The van der Waals surface area contributed by atoms with Crippen molar-refractivity contribution in [3.05, 3.63) is 12.3 Å². The SMILES string of the molecule is C[C@H]1C2C(OP(=O)(O)OP(=O)(O)OP(=O)(O)O)[C@H]2O[C@H]1N1C=CC(N)NC1=O. The first-order chi connectivity index (χ1) is 12.7. The van der Waals surface area contributed by atoms with Gasteiger partial charge in [-0.15, -0.1) is 0 Å². The average molecular weight is 465 g/mol. The molecular formula is C10H18N3O12P3. The molecule has 1 saturated heterocycles. The summed E-state index contributed by atoms with van der Waals surface area (Å²) < 4.78 is 51.5. The lowest BCUT2D eigenvalue weighted by atomic mass is 10.0. The number of rotatable bonds is 7. The van der Waals surface area contributed by atoms with Gasteiger partial charge in [-0.2, -0.15) is 8.62 Å². The molecule has 1 saturated carbocycles. The van der Waals surface area contributed by atoms with E-state index in [4.69, 9.17) is 29.7 Å². The molecule has 1 aliphatic carbocycles. The number of ether oxygens (including phenoxy) is 1. The van der Waals surface area contributed by atoms with Crippen molar-refractivity contribution in [2.45, 2.75) is 31.5 Å². The van der Waals surface area contributed by atoms with Crippen LogP contribution >= 0.6 is 23.5 Å². The van der Waals surface area contributed by atoms with Crippen LogP contribution in [0, 0.1) is 11.8 Å². The number of nitrogens with one attached hydrogen (secondary N) is 1. The molecule has 5 unspecified atom stereocenters. The largest absolute Gasteiger partial charge is 0.490 e. The van der Waals surface area contributed by atoms with E-state index in [9.17, 15) is 23.4 Å². The first kappa shape index (κ1) is 22.0. The second-order valence-corrected chi connectivity index (χ2v) is 10.7. The van der Waals surface area contributed by atoms with E-state index in [0.29, 0.717) is 0 Å². The number of nitrogens with zero attached hydrogens (tertiary/aromatic N) is 1. The Kier molecular flexibility index (Phi) is 5.70. The van der Waals surface area contributed by atoms with Crippen LogP contribution in [0.1, 0.15) is 6.92 Å². The summed E-state index contributed by atoms with van der Waals surface area (Å²) in [6, 6.07) is -0.488. The molecule has 2 aliphatic heterocycles. The van der Waals surface area contributed by atoms with E-state index >= 15 is 0 Å². The standard InChI is InChI=1S/C10H18N3O12P3/c1-4-6-7(22-9(4)13-3-2-5(11)12-10(13)14)8(6)23-27(18,19)25-28(20,21)24-26(15,16)17/h2-9H,11H2,1H3,(H,12,14)(H,18,19)(H,20,21)(H2,15,16,17)/t4-,5?,6?,7-,8?,9+/m0/s1. The van der Waals surface area contributed by atoms with Gasteiger partial charge in [0.15, 0.2) is 0 Å². The molecule has 0 aromatic heterocycles. The van der Waals surface area contributed by atoms with Gasteiger partial charge in [0.1, 0.15) is 12.3 Å². The van der Waals surface area contributed by atoms with Crippen molar-refractivity contribution >= 4 is 29.5 Å². The number of phosphoric ester groups is 1. The van der Waals surface area contributed by atoms with Crippen LogP contribution in [0.5, 0.6) is 0 Å². The van der Waals surface area contributed by atoms with Gasteiger partial charge in [-0.3, -0.25) is 9.42 Å². The van der Waals surface area contributed by atoms with Gasteiger partial charge < -0.3 is 35.4 Å². The minimum atomic E-state index is -5.58. The maximum absolute atomic E-state index is 12.0. The molecule has 0 spiro atoms. The fourth-order valence-corrected chi connectivity index (χ4v) is 6.37. The molecule has 8 atom stereocenters. The molecule has 3 aliphatic rings. The van der Waals surface area contributed by atoms with Gasteiger partial charge >= 0.3 is 29.5 Å². The smallest absolute Gasteiger partial charge is 0.351 e. The number of amides is 2. The number of phosphoric acid groups is 3. The Balaban J connectivity index is 1.59. The summed E-state index contributed by atoms with van der Waals surface area (Å²) in [5, 5.41) is 2.48. The van der Waals surface area contributed by atoms with Gasteiger partial charge in [0.2, 0.25) is 0 Å². The van der Waals surface area contributed by atoms with Crippen molar-refractivity contribution in [1.82, 2.24) is 10.2 Å². The van der Waals surface area contributed by atoms with Crippen LogP contribution < -0.4 is 11.1 Å². The summed E-state index contributed by atoms with van der Waals surface area (Å²) in [5.74, 6) is -0.793. The highest BCUT2D eigenvalue weighted by Crippen LogP contribution is 2.68. The normalized spacial score (nSPS) is 39.1. The Hall–Kier alpha value is -0.660. The first-order valence-electron chi connectivity index (χ1n) is 7.69. The van der Waals surface area contributed by atoms with Crippen LogP contribution in [-0.4, -0.2) is 55.1 Å². The molecule has 28 heavy (non-hydrogen) atoms. The molecule has 2 heterocycles. The van der Waals surface area contributed by atoms with Crippen molar-refractivity contribution in [2.75, 3.05) is 0 Å². The fourth-order valence-electron chi connectivity index (χ4n) is 3.14. The molecule has 15 nitrogen and oxygen atoms in total. The van der Waals surface area contributed by atoms with Gasteiger partial charge in [0.05, 0.1) is 12.3 Å². The molecule has 0 radical (unpaired) electrons.